The molecule has 3 nitrogen and oxygen atoms in total. The predicted molar refractivity (Wildman–Crippen MR) is 64.1 cm³/mol. The number of hydrogen-bond donors (Lipinski definition) is 1. The van der Waals surface area contributed by atoms with Crippen molar-refractivity contribution < 1.29 is 0 Å². The Kier molecular flexibility index (Phi) is 5.40. The number of nitrogens with one attached hydrogen (secondary N) is 1. The molecular weight excluding hydrogens is 186 g/mol. The molecule has 0 aliphatic rings. The summed E-state index contributed by atoms with van der Waals surface area (Å²) in [6, 6.07) is 2.23. The lowest BCUT2D eigenvalue weighted by atomic mass is 10.2. The van der Waals surface area contributed by atoms with E-state index in [0.717, 1.165) is 25.9 Å². The molecule has 0 aromatic carbocycles. The molecule has 1 aromatic heterocycles. The predicted octanol–water partition coefficient (Wildman–Crippen LogP) is 1.91. The fraction of sp³-hybridized carbons (Fsp3) is 0.750. The second-order valence-corrected chi connectivity index (χ2v) is 3.91. The van der Waals surface area contributed by atoms with Crippen molar-refractivity contribution in [2.45, 2.75) is 39.5 Å². The maximum atomic E-state index is 4.45. The quantitative estimate of drug-likeness (QED) is 0.695. The van der Waals surface area contributed by atoms with Gasteiger partial charge in [-0.3, -0.25) is 4.68 Å². The van der Waals surface area contributed by atoms with Crippen LogP contribution in [-0.4, -0.2) is 22.9 Å². The molecule has 0 atom stereocenters. The van der Waals surface area contributed by atoms with Crippen molar-refractivity contribution in [3.05, 3.63) is 17.5 Å². The van der Waals surface area contributed by atoms with Crippen LogP contribution in [-0.2, 0) is 19.9 Å². The summed E-state index contributed by atoms with van der Waals surface area (Å²) >= 11 is 0. The van der Waals surface area contributed by atoms with Crippen LogP contribution >= 0.6 is 0 Å². The molecule has 0 unspecified atom stereocenters. The largest absolute Gasteiger partial charge is 0.317 e. The van der Waals surface area contributed by atoms with Gasteiger partial charge in [0.25, 0.3) is 0 Å². The van der Waals surface area contributed by atoms with Gasteiger partial charge in [0, 0.05) is 12.7 Å². The molecule has 15 heavy (non-hydrogen) atoms. The van der Waals surface area contributed by atoms with Gasteiger partial charge in [-0.25, -0.2) is 0 Å². The first-order valence-electron chi connectivity index (χ1n) is 6.00. The normalized spacial score (nSPS) is 10.9. The smallest absolute Gasteiger partial charge is 0.0624 e. The molecule has 0 spiro atoms. The van der Waals surface area contributed by atoms with E-state index in [0.29, 0.717) is 0 Å². The zero-order chi connectivity index (χ0) is 11.1. The highest BCUT2D eigenvalue weighted by Crippen LogP contribution is 2.07. The highest BCUT2D eigenvalue weighted by Gasteiger charge is 2.02. The highest BCUT2D eigenvalue weighted by molar-refractivity contribution is 5.10. The summed E-state index contributed by atoms with van der Waals surface area (Å²) in [6.45, 7) is 6.51. The molecule has 3 heteroatoms. The Labute approximate surface area is 92.9 Å². The van der Waals surface area contributed by atoms with Crippen LogP contribution < -0.4 is 5.32 Å². The molecule has 0 fully saturated rings. The lowest BCUT2D eigenvalue weighted by Crippen LogP contribution is -2.14. The minimum Gasteiger partial charge on any atom is -0.317 e. The van der Waals surface area contributed by atoms with Crippen LogP contribution in [0.2, 0.25) is 0 Å². The SMILES string of the molecule is CCNCCCCc1cc(CC)nn1C. The van der Waals surface area contributed by atoms with Crippen molar-refractivity contribution in [2.75, 3.05) is 13.1 Å². The molecule has 86 valence electrons. The summed E-state index contributed by atoms with van der Waals surface area (Å²) in [5, 5.41) is 7.79. The van der Waals surface area contributed by atoms with Crippen LogP contribution in [0.1, 0.15) is 38.1 Å². The van der Waals surface area contributed by atoms with Gasteiger partial charge in [-0.1, -0.05) is 13.8 Å². The average molecular weight is 209 g/mol. The Morgan fingerprint density at radius 3 is 2.73 bits per heavy atom. The molecule has 0 aliphatic carbocycles. The minimum absolute atomic E-state index is 1.03. The third-order valence-electron chi connectivity index (χ3n) is 2.68. The lowest BCUT2D eigenvalue weighted by Gasteiger charge is -2.02. The molecule has 0 bridgehead atoms. The Hall–Kier alpha value is -0.830. The maximum Gasteiger partial charge on any atom is 0.0624 e. The van der Waals surface area contributed by atoms with Crippen LogP contribution in [0, 0.1) is 0 Å². The van der Waals surface area contributed by atoms with Crippen molar-refractivity contribution >= 4 is 0 Å². The van der Waals surface area contributed by atoms with Gasteiger partial charge in [0.05, 0.1) is 5.69 Å². The Morgan fingerprint density at radius 1 is 1.33 bits per heavy atom. The van der Waals surface area contributed by atoms with Gasteiger partial charge >= 0.3 is 0 Å². The monoisotopic (exact) mass is 209 g/mol. The van der Waals surface area contributed by atoms with E-state index in [1.807, 2.05) is 11.7 Å². The van der Waals surface area contributed by atoms with Crippen molar-refractivity contribution in [3.63, 3.8) is 0 Å². The molecule has 1 N–H and O–H groups in total. The minimum atomic E-state index is 1.03. The average Bonchev–Trinajstić information content (AvgIpc) is 2.59. The third kappa shape index (κ3) is 4.04. The number of aromatic nitrogens is 2. The molecule has 1 heterocycles. The van der Waals surface area contributed by atoms with E-state index in [4.69, 9.17) is 0 Å². The van der Waals surface area contributed by atoms with E-state index in [1.165, 1.54) is 24.2 Å². The van der Waals surface area contributed by atoms with Crippen molar-refractivity contribution in [1.29, 1.82) is 0 Å². The van der Waals surface area contributed by atoms with E-state index in [2.05, 4.69) is 30.3 Å². The summed E-state index contributed by atoms with van der Waals surface area (Å²) in [5.41, 5.74) is 2.57. The molecule has 0 saturated carbocycles. The van der Waals surface area contributed by atoms with Gasteiger partial charge in [-0.15, -0.1) is 0 Å². The molecule has 1 aromatic rings. The highest BCUT2D eigenvalue weighted by atomic mass is 15.3. The standard InChI is InChI=1S/C12H23N3/c1-4-11-10-12(15(3)14-11)8-6-7-9-13-5-2/h10,13H,4-9H2,1-3H3. The van der Waals surface area contributed by atoms with Gasteiger partial charge in [-0.2, -0.15) is 5.10 Å². The van der Waals surface area contributed by atoms with Crippen molar-refractivity contribution in [2.24, 2.45) is 7.05 Å². The summed E-state index contributed by atoms with van der Waals surface area (Å²) in [6.07, 6.45) is 4.68. The van der Waals surface area contributed by atoms with Gasteiger partial charge in [0.1, 0.15) is 0 Å². The third-order valence-corrected chi connectivity index (χ3v) is 2.68. The number of nitrogens with zero attached hydrogens (tertiary/aromatic N) is 2. The van der Waals surface area contributed by atoms with Gasteiger partial charge < -0.3 is 5.32 Å². The number of unbranched alkanes of at least 4 members (excludes halogenated alkanes) is 1. The van der Waals surface area contributed by atoms with Gasteiger partial charge in [0.2, 0.25) is 0 Å². The molecule has 0 aliphatic heterocycles. The van der Waals surface area contributed by atoms with E-state index in [9.17, 15) is 0 Å². The van der Waals surface area contributed by atoms with E-state index < -0.39 is 0 Å². The van der Waals surface area contributed by atoms with Crippen LogP contribution in [0.15, 0.2) is 6.07 Å². The first-order chi connectivity index (χ1) is 7.27. The van der Waals surface area contributed by atoms with Gasteiger partial charge in [-0.05, 0) is 44.8 Å². The summed E-state index contributed by atoms with van der Waals surface area (Å²) < 4.78 is 2.02. The van der Waals surface area contributed by atoms with E-state index in [1.54, 1.807) is 0 Å². The Bertz CT molecular complexity index is 278. The van der Waals surface area contributed by atoms with Crippen LogP contribution in [0.5, 0.6) is 0 Å². The van der Waals surface area contributed by atoms with E-state index >= 15 is 0 Å². The van der Waals surface area contributed by atoms with Crippen LogP contribution in [0.4, 0.5) is 0 Å². The zero-order valence-electron chi connectivity index (χ0n) is 10.2. The second-order valence-electron chi connectivity index (χ2n) is 3.91. The number of rotatable bonds is 7. The number of aryl methyl sites for hydroxylation is 3. The van der Waals surface area contributed by atoms with Gasteiger partial charge in [0.15, 0.2) is 0 Å². The molecular formula is C12H23N3. The molecule has 0 radical (unpaired) electrons. The summed E-state index contributed by atoms with van der Waals surface area (Å²) in [5.74, 6) is 0. The summed E-state index contributed by atoms with van der Waals surface area (Å²) in [4.78, 5) is 0. The van der Waals surface area contributed by atoms with Crippen LogP contribution in [0.25, 0.3) is 0 Å². The molecule has 0 amide bonds. The second kappa shape index (κ2) is 6.62. The van der Waals surface area contributed by atoms with Crippen LogP contribution in [0.3, 0.4) is 0 Å². The molecule has 0 saturated heterocycles. The fourth-order valence-electron chi connectivity index (χ4n) is 1.71. The Balaban J connectivity index is 2.27. The van der Waals surface area contributed by atoms with E-state index in [-0.39, 0.29) is 0 Å². The fourth-order valence-corrected chi connectivity index (χ4v) is 1.71. The first kappa shape index (κ1) is 12.2. The molecule has 1 rings (SSSR count). The Morgan fingerprint density at radius 2 is 2.13 bits per heavy atom. The van der Waals surface area contributed by atoms with Crippen molar-refractivity contribution in [1.82, 2.24) is 15.1 Å². The maximum absolute atomic E-state index is 4.45. The summed E-state index contributed by atoms with van der Waals surface area (Å²) in [7, 11) is 2.04. The van der Waals surface area contributed by atoms with Crippen molar-refractivity contribution in [3.8, 4) is 0 Å². The lowest BCUT2D eigenvalue weighted by molar-refractivity contribution is 0.616. The zero-order valence-corrected chi connectivity index (χ0v) is 10.2. The first-order valence-corrected chi connectivity index (χ1v) is 6.00. The number of hydrogen-bond acceptors (Lipinski definition) is 2. The topological polar surface area (TPSA) is 29.9 Å².